The van der Waals surface area contributed by atoms with Gasteiger partial charge in [0.15, 0.2) is 0 Å². The van der Waals surface area contributed by atoms with Crippen LogP contribution in [0, 0.1) is 6.92 Å². The van der Waals surface area contributed by atoms with Crippen LogP contribution < -0.4 is 9.64 Å². The molecule has 0 radical (unpaired) electrons. The number of methoxy groups -OCH3 is 1. The Morgan fingerprint density at radius 3 is 2.46 bits per heavy atom. The fraction of sp³-hybridized carbons (Fsp3) is 0.103. The molecule has 1 atom stereocenters. The number of carbonyl (C=O) groups is 2. The van der Waals surface area contributed by atoms with Crippen LogP contribution in [0.1, 0.15) is 22.7 Å². The van der Waals surface area contributed by atoms with E-state index >= 15 is 0 Å². The monoisotopic (exact) mass is 527 g/mol. The number of ether oxygens (including phenoxy) is 1. The number of ketones is 1. The molecule has 1 aliphatic heterocycles. The highest BCUT2D eigenvalue weighted by Crippen LogP contribution is 2.44. The molecule has 0 aromatic heterocycles. The Labute approximate surface area is 211 Å². The molecule has 4 aromatic carbocycles. The average Bonchev–Trinajstić information content (AvgIpc) is 3.15. The summed E-state index contributed by atoms with van der Waals surface area (Å²) >= 11 is 3.47. The normalized spacial score (nSPS) is 17.2. The molecule has 1 N–H and O–H groups in total. The van der Waals surface area contributed by atoms with Gasteiger partial charge in [0.05, 0.1) is 18.7 Å². The Hall–Kier alpha value is -3.90. The Morgan fingerprint density at radius 1 is 0.943 bits per heavy atom. The van der Waals surface area contributed by atoms with E-state index in [2.05, 4.69) is 15.9 Å². The molecule has 174 valence electrons. The van der Waals surface area contributed by atoms with Crippen molar-refractivity contribution in [2.24, 2.45) is 0 Å². The van der Waals surface area contributed by atoms with E-state index in [1.165, 1.54) is 4.90 Å². The highest BCUT2D eigenvalue weighted by molar-refractivity contribution is 9.10. The van der Waals surface area contributed by atoms with Crippen molar-refractivity contribution in [3.8, 4) is 5.75 Å². The second-order valence-electron chi connectivity index (χ2n) is 8.40. The molecule has 5 rings (SSSR count). The maximum absolute atomic E-state index is 13.5. The van der Waals surface area contributed by atoms with Gasteiger partial charge in [-0.25, -0.2) is 0 Å². The highest BCUT2D eigenvalue weighted by Gasteiger charge is 2.47. The highest BCUT2D eigenvalue weighted by atomic mass is 79.9. The predicted molar refractivity (Wildman–Crippen MR) is 141 cm³/mol. The first kappa shape index (κ1) is 22.9. The zero-order valence-corrected chi connectivity index (χ0v) is 20.7. The van der Waals surface area contributed by atoms with Crippen molar-refractivity contribution in [2.75, 3.05) is 12.0 Å². The molecule has 1 unspecified atom stereocenters. The van der Waals surface area contributed by atoms with E-state index in [9.17, 15) is 14.7 Å². The third kappa shape index (κ3) is 3.90. The van der Waals surface area contributed by atoms with Gasteiger partial charge in [0.25, 0.3) is 11.7 Å². The van der Waals surface area contributed by atoms with Gasteiger partial charge in [-0.05, 0) is 53.1 Å². The molecule has 0 bridgehead atoms. The second-order valence-corrected chi connectivity index (χ2v) is 9.26. The number of halogens is 1. The summed E-state index contributed by atoms with van der Waals surface area (Å²) in [4.78, 5) is 28.4. The van der Waals surface area contributed by atoms with Gasteiger partial charge in [0.1, 0.15) is 11.5 Å². The van der Waals surface area contributed by atoms with Gasteiger partial charge in [-0.15, -0.1) is 0 Å². The Balaban J connectivity index is 1.81. The molecule has 35 heavy (non-hydrogen) atoms. The molecule has 1 saturated heterocycles. The SMILES string of the molecule is COc1cccc(N2C(=O)C(=O)/C(=C(\O)c3ccc(Br)c(C)c3)C2c2cccc3ccccc23)c1. The smallest absolute Gasteiger partial charge is 0.300 e. The number of aliphatic hydroxyl groups excluding tert-OH is 1. The first-order chi connectivity index (χ1) is 16.9. The lowest BCUT2D eigenvalue weighted by Gasteiger charge is -2.26. The molecule has 1 amide bonds. The molecular weight excluding hydrogens is 506 g/mol. The minimum Gasteiger partial charge on any atom is -0.507 e. The Bertz CT molecular complexity index is 1520. The minimum atomic E-state index is -0.822. The number of rotatable bonds is 4. The quantitative estimate of drug-likeness (QED) is 0.186. The fourth-order valence-corrected chi connectivity index (χ4v) is 4.84. The van der Waals surface area contributed by atoms with Gasteiger partial charge in [-0.3, -0.25) is 14.5 Å². The van der Waals surface area contributed by atoms with Crippen molar-refractivity contribution in [3.63, 3.8) is 0 Å². The van der Waals surface area contributed by atoms with E-state index in [0.29, 0.717) is 17.0 Å². The zero-order chi connectivity index (χ0) is 24.7. The first-order valence-electron chi connectivity index (χ1n) is 11.1. The van der Waals surface area contributed by atoms with Crippen LogP contribution in [0.5, 0.6) is 5.75 Å². The molecule has 1 fully saturated rings. The predicted octanol–water partition coefficient (Wildman–Crippen LogP) is 6.55. The van der Waals surface area contributed by atoms with Gasteiger partial charge >= 0.3 is 0 Å². The number of fused-ring (bicyclic) bond motifs is 1. The van der Waals surface area contributed by atoms with Gasteiger partial charge in [-0.2, -0.15) is 0 Å². The molecule has 4 aromatic rings. The number of Topliss-reactive ketones (excluding diaryl/α,β-unsaturated/α-hetero) is 1. The number of anilines is 1. The van der Waals surface area contributed by atoms with Crippen molar-refractivity contribution in [1.29, 1.82) is 0 Å². The number of aryl methyl sites for hydroxylation is 1. The number of hydrogen-bond donors (Lipinski definition) is 1. The van der Waals surface area contributed by atoms with Crippen LogP contribution in [-0.2, 0) is 9.59 Å². The standard InChI is InChI=1S/C29H22BrNO4/c1-17-15-19(13-14-24(17)30)27(32)25-26(23-12-5-8-18-7-3-4-11-22(18)23)31(29(34)28(25)33)20-9-6-10-21(16-20)35-2/h3-16,26,32H,1-2H3/b27-25-. The molecule has 6 heteroatoms. The van der Waals surface area contributed by atoms with E-state index in [-0.39, 0.29) is 11.3 Å². The number of carbonyl (C=O) groups excluding carboxylic acids is 2. The van der Waals surface area contributed by atoms with E-state index < -0.39 is 17.7 Å². The molecular formula is C29H22BrNO4. The largest absolute Gasteiger partial charge is 0.507 e. The third-order valence-corrected chi connectivity index (χ3v) is 7.21. The van der Waals surface area contributed by atoms with Crippen LogP contribution in [0.25, 0.3) is 16.5 Å². The van der Waals surface area contributed by atoms with E-state index in [4.69, 9.17) is 4.74 Å². The summed E-state index contributed by atoms with van der Waals surface area (Å²) in [5.41, 5.74) is 2.68. The van der Waals surface area contributed by atoms with Crippen molar-refractivity contribution < 1.29 is 19.4 Å². The van der Waals surface area contributed by atoms with Crippen LogP contribution in [-0.4, -0.2) is 23.9 Å². The van der Waals surface area contributed by atoms with E-state index in [1.807, 2.05) is 55.5 Å². The number of hydrogen-bond acceptors (Lipinski definition) is 4. The van der Waals surface area contributed by atoms with Crippen molar-refractivity contribution in [2.45, 2.75) is 13.0 Å². The molecule has 0 aliphatic carbocycles. The number of benzene rings is 4. The van der Waals surface area contributed by atoms with Crippen molar-refractivity contribution in [1.82, 2.24) is 0 Å². The van der Waals surface area contributed by atoms with Gasteiger partial charge < -0.3 is 9.84 Å². The first-order valence-corrected chi connectivity index (χ1v) is 11.9. The lowest BCUT2D eigenvalue weighted by atomic mass is 9.91. The van der Waals surface area contributed by atoms with Crippen LogP contribution in [0.4, 0.5) is 5.69 Å². The minimum absolute atomic E-state index is 0.0518. The summed E-state index contributed by atoms with van der Waals surface area (Å²) in [6.45, 7) is 1.90. The lowest BCUT2D eigenvalue weighted by molar-refractivity contribution is -0.132. The van der Waals surface area contributed by atoms with Crippen LogP contribution in [0.15, 0.2) is 95.0 Å². The lowest BCUT2D eigenvalue weighted by Crippen LogP contribution is -2.29. The summed E-state index contributed by atoms with van der Waals surface area (Å²) in [5, 5.41) is 13.3. The van der Waals surface area contributed by atoms with Gasteiger partial charge in [0, 0.05) is 21.8 Å². The summed E-state index contributed by atoms with van der Waals surface area (Å²) in [6, 6.07) is 25.1. The summed E-state index contributed by atoms with van der Waals surface area (Å²) in [5.74, 6) is -1.08. The van der Waals surface area contributed by atoms with E-state index in [1.54, 1.807) is 43.5 Å². The fourth-order valence-electron chi connectivity index (χ4n) is 4.59. The molecule has 0 saturated carbocycles. The summed E-state index contributed by atoms with van der Waals surface area (Å²) in [6.07, 6.45) is 0. The summed E-state index contributed by atoms with van der Waals surface area (Å²) < 4.78 is 6.25. The van der Waals surface area contributed by atoms with Gasteiger partial charge in [-0.1, -0.05) is 70.5 Å². The molecule has 1 aliphatic rings. The zero-order valence-electron chi connectivity index (χ0n) is 19.2. The second kappa shape index (κ2) is 9.04. The van der Waals surface area contributed by atoms with Crippen LogP contribution >= 0.6 is 15.9 Å². The van der Waals surface area contributed by atoms with Crippen LogP contribution in [0.3, 0.4) is 0 Å². The van der Waals surface area contributed by atoms with Crippen LogP contribution in [0.2, 0.25) is 0 Å². The third-order valence-electron chi connectivity index (χ3n) is 6.33. The average molecular weight is 528 g/mol. The van der Waals surface area contributed by atoms with E-state index in [0.717, 1.165) is 26.4 Å². The van der Waals surface area contributed by atoms with Crippen molar-refractivity contribution in [3.05, 3.63) is 112 Å². The number of aliphatic hydroxyl groups is 1. The van der Waals surface area contributed by atoms with Gasteiger partial charge in [0.2, 0.25) is 0 Å². The molecule has 1 heterocycles. The van der Waals surface area contributed by atoms with Crippen molar-refractivity contribution >= 4 is 49.8 Å². The topological polar surface area (TPSA) is 66.8 Å². The number of nitrogens with zero attached hydrogens (tertiary/aromatic N) is 1. The maximum Gasteiger partial charge on any atom is 0.300 e. The Morgan fingerprint density at radius 2 is 1.69 bits per heavy atom. The molecule has 0 spiro atoms. The summed E-state index contributed by atoms with van der Waals surface area (Å²) in [7, 11) is 1.55. The molecule has 5 nitrogen and oxygen atoms in total. The Kier molecular flexibility index (Phi) is 5.91. The number of amides is 1. The maximum atomic E-state index is 13.5.